The number of carbonyl (C=O) groups excluding carboxylic acids is 1. The molecule has 0 bridgehead atoms. The Kier molecular flexibility index (Phi) is 5.79. The molecule has 0 spiro atoms. The average molecular weight is 482 g/mol. The molecule has 0 atom stereocenters. The number of hydrogen-bond donors (Lipinski definition) is 2. The van der Waals surface area contributed by atoms with Crippen LogP contribution in [0, 0.1) is 12.7 Å². The van der Waals surface area contributed by atoms with E-state index >= 15 is 4.39 Å². The molecule has 5 rings (SSSR count). The number of nitrogens with two attached hydrogens (primary N) is 1. The van der Waals surface area contributed by atoms with Crippen molar-refractivity contribution in [2.45, 2.75) is 6.92 Å². The van der Waals surface area contributed by atoms with Gasteiger partial charge in [-0.05, 0) is 42.8 Å². The molecule has 11 heteroatoms. The van der Waals surface area contributed by atoms with E-state index in [9.17, 15) is 4.79 Å². The molecule has 0 aliphatic heterocycles. The van der Waals surface area contributed by atoms with E-state index in [1.54, 1.807) is 43.3 Å². The second kappa shape index (κ2) is 9.22. The molecular weight excluding hydrogens is 463 g/mol. The summed E-state index contributed by atoms with van der Waals surface area (Å²) in [7, 11) is 0. The van der Waals surface area contributed by atoms with Gasteiger partial charge in [-0.3, -0.25) is 4.79 Å². The highest BCUT2D eigenvalue weighted by molar-refractivity contribution is 5.99. The Labute approximate surface area is 204 Å². The Morgan fingerprint density at radius 3 is 2.64 bits per heavy atom. The quantitative estimate of drug-likeness (QED) is 0.344. The van der Waals surface area contributed by atoms with E-state index in [2.05, 4.69) is 37.0 Å². The molecule has 0 saturated carbocycles. The Bertz CT molecular complexity index is 1620. The lowest BCUT2D eigenvalue weighted by atomic mass is 9.99. The Hall–Kier alpha value is -5.19. The van der Waals surface area contributed by atoms with Gasteiger partial charge in [0, 0.05) is 29.1 Å². The van der Waals surface area contributed by atoms with Crippen LogP contribution in [0.25, 0.3) is 27.9 Å². The van der Waals surface area contributed by atoms with Gasteiger partial charge in [-0.1, -0.05) is 24.8 Å². The molecule has 3 N–H and O–H groups in total. The van der Waals surface area contributed by atoms with E-state index in [0.717, 1.165) is 0 Å². The number of carbonyl (C=O) groups is 1. The first-order valence-corrected chi connectivity index (χ1v) is 10.7. The smallest absolute Gasteiger partial charge is 0.247 e. The van der Waals surface area contributed by atoms with Crippen LogP contribution >= 0.6 is 0 Å². The van der Waals surface area contributed by atoms with Gasteiger partial charge in [0.2, 0.25) is 11.8 Å². The van der Waals surface area contributed by atoms with Crippen LogP contribution in [-0.2, 0) is 4.79 Å². The van der Waals surface area contributed by atoms with Crippen LogP contribution in [0.2, 0.25) is 0 Å². The molecule has 2 aromatic carbocycles. The fourth-order valence-electron chi connectivity index (χ4n) is 3.64. The zero-order valence-corrected chi connectivity index (χ0v) is 19.0. The molecule has 0 unspecified atom stereocenters. The molecule has 10 nitrogen and oxygen atoms in total. The van der Waals surface area contributed by atoms with Gasteiger partial charge in [0.15, 0.2) is 17.4 Å². The lowest BCUT2D eigenvalue weighted by molar-refractivity contribution is -0.111. The lowest BCUT2D eigenvalue weighted by Gasteiger charge is -2.09. The highest BCUT2D eigenvalue weighted by Gasteiger charge is 2.21. The zero-order valence-electron chi connectivity index (χ0n) is 19.0. The number of anilines is 2. The first-order valence-electron chi connectivity index (χ1n) is 10.7. The lowest BCUT2D eigenvalue weighted by Crippen LogP contribution is -2.06. The molecule has 0 fully saturated rings. The standard InChI is InChI=1S/C25H19FN8O2/c1-3-20(35)32-17-7-4-15(5-8-17)23-22(24-25(27)29-13-30-34(24)33-23)16-6-9-19(18(26)12-16)36-21-10-11-28-14(2)31-21/h3-13H,1H2,2H3,(H,32,35)(H2,27,29,30). The van der Waals surface area contributed by atoms with Gasteiger partial charge in [-0.2, -0.15) is 4.98 Å². The highest BCUT2D eigenvalue weighted by Crippen LogP contribution is 2.38. The summed E-state index contributed by atoms with van der Waals surface area (Å²) >= 11 is 0. The third-order valence-corrected chi connectivity index (χ3v) is 5.27. The predicted octanol–water partition coefficient (Wildman–Crippen LogP) is 4.19. The minimum atomic E-state index is -0.605. The van der Waals surface area contributed by atoms with Gasteiger partial charge in [-0.15, -0.1) is 14.8 Å². The summed E-state index contributed by atoms with van der Waals surface area (Å²) < 4.78 is 22.1. The Morgan fingerprint density at radius 1 is 1.14 bits per heavy atom. The average Bonchev–Trinajstić information content (AvgIpc) is 3.27. The van der Waals surface area contributed by atoms with Crippen molar-refractivity contribution in [3.8, 4) is 34.0 Å². The fraction of sp³-hybridized carbons (Fsp3) is 0.0400. The van der Waals surface area contributed by atoms with Crippen LogP contribution in [0.3, 0.4) is 0 Å². The van der Waals surface area contributed by atoms with Gasteiger partial charge in [0.05, 0.1) is 0 Å². The molecule has 1 amide bonds. The van der Waals surface area contributed by atoms with Crippen molar-refractivity contribution in [2.24, 2.45) is 0 Å². The number of fused-ring (bicyclic) bond motifs is 1. The zero-order chi connectivity index (χ0) is 25.2. The van der Waals surface area contributed by atoms with Crippen LogP contribution < -0.4 is 15.8 Å². The number of halogens is 1. The fourth-order valence-corrected chi connectivity index (χ4v) is 3.64. The number of amides is 1. The van der Waals surface area contributed by atoms with Crippen molar-refractivity contribution in [2.75, 3.05) is 11.1 Å². The largest absolute Gasteiger partial charge is 0.436 e. The first-order chi connectivity index (χ1) is 17.4. The molecular formula is C25H19FN8O2. The minimum absolute atomic E-state index is 0.00130. The summed E-state index contributed by atoms with van der Waals surface area (Å²) in [5.74, 6) is -0.00787. The van der Waals surface area contributed by atoms with E-state index in [1.807, 2.05) is 0 Å². The van der Waals surface area contributed by atoms with Crippen LogP contribution in [0.15, 0.2) is 73.7 Å². The first kappa shape index (κ1) is 22.6. The van der Waals surface area contributed by atoms with Gasteiger partial charge in [0.25, 0.3) is 0 Å². The summed E-state index contributed by atoms with van der Waals surface area (Å²) in [4.78, 5) is 23.8. The van der Waals surface area contributed by atoms with Crippen molar-refractivity contribution < 1.29 is 13.9 Å². The number of nitrogens with one attached hydrogen (secondary N) is 1. The van der Waals surface area contributed by atoms with Crippen LogP contribution in [0.5, 0.6) is 11.6 Å². The molecule has 0 radical (unpaired) electrons. The summed E-state index contributed by atoms with van der Waals surface area (Å²) in [6, 6.07) is 13.1. The Balaban J connectivity index is 1.59. The van der Waals surface area contributed by atoms with Gasteiger partial charge < -0.3 is 15.8 Å². The summed E-state index contributed by atoms with van der Waals surface area (Å²) in [6.07, 6.45) is 4.01. The molecule has 0 saturated heterocycles. The van der Waals surface area contributed by atoms with Crippen LogP contribution in [-0.4, -0.2) is 35.7 Å². The number of aryl methyl sites for hydroxylation is 1. The number of nitrogen functional groups attached to an aromatic ring is 1. The molecule has 36 heavy (non-hydrogen) atoms. The SMILES string of the molecule is C=CC(=O)Nc1ccc(-c2nn3ncnc(N)c3c2-c2ccc(Oc3ccnc(C)n3)c(F)c2)cc1. The van der Waals surface area contributed by atoms with E-state index in [4.69, 9.17) is 10.5 Å². The number of benzene rings is 2. The maximum atomic E-state index is 15.2. The van der Waals surface area contributed by atoms with Crippen LogP contribution in [0.4, 0.5) is 15.9 Å². The Morgan fingerprint density at radius 2 is 1.92 bits per heavy atom. The predicted molar refractivity (Wildman–Crippen MR) is 132 cm³/mol. The minimum Gasteiger partial charge on any atom is -0.436 e. The monoisotopic (exact) mass is 482 g/mol. The van der Waals surface area contributed by atoms with Crippen molar-refractivity contribution in [1.29, 1.82) is 0 Å². The van der Waals surface area contributed by atoms with E-state index in [0.29, 0.717) is 39.4 Å². The van der Waals surface area contributed by atoms with E-state index in [-0.39, 0.29) is 23.4 Å². The molecule has 5 aromatic rings. The van der Waals surface area contributed by atoms with Gasteiger partial charge in [-0.25, -0.2) is 14.4 Å². The number of nitrogens with zero attached hydrogens (tertiary/aromatic N) is 6. The molecule has 0 aliphatic rings. The highest BCUT2D eigenvalue weighted by atomic mass is 19.1. The normalized spacial score (nSPS) is 10.8. The maximum absolute atomic E-state index is 15.2. The molecule has 178 valence electrons. The maximum Gasteiger partial charge on any atom is 0.247 e. The summed E-state index contributed by atoms with van der Waals surface area (Å²) in [5, 5.41) is 11.4. The van der Waals surface area contributed by atoms with E-state index in [1.165, 1.54) is 35.4 Å². The van der Waals surface area contributed by atoms with Crippen molar-refractivity contribution in [1.82, 2.24) is 29.8 Å². The van der Waals surface area contributed by atoms with Crippen molar-refractivity contribution in [3.63, 3.8) is 0 Å². The van der Waals surface area contributed by atoms with Gasteiger partial charge >= 0.3 is 0 Å². The number of ether oxygens (including phenoxy) is 1. The second-order valence-electron chi connectivity index (χ2n) is 7.67. The second-order valence-corrected chi connectivity index (χ2v) is 7.67. The number of aromatic nitrogens is 6. The topological polar surface area (TPSA) is 133 Å². The summed E-state index contributed by atoms with van der Waals surface area (Å²) in [6.45, 7) is 5.16. The molecule has 3 heterocycles. The van der Waals surface area contributed by atoms with Crippen molar-refractivity contribution in [3.05, 3.63) is 85.4 Å². The third-order valence-electron chi connectivity index (χ3n) is 5.27. The molecule has 0 aliphatic carbocycles. The van der Waals surface area contributed by atoms with Crippen molar-refractivity contribution >= 4 is 22.9 Å². The molecule has 3 aromatic heterocycles. The number of hydrogen-bond acceptors (Lipinski definition) is 8. The third kappa shape index (κ3) is 4.32. The summed E-state index contributed by atoms with van der Waals surface area (Å²) in [5.41, 5.74) is 9.41. The van der Waals surface area contributed by atoms with Crippen LogP contribution in [0.1, 0.15) is 5.82 Å². The van der Waals surface area contributed by atoms with Gasteiger partial charge in [0.1, 0.15) is 23.4 Å². The number of rotatable bonds is 6. The van der Waals surface area contributed by atoms with E-state index < -0.39 is 5.82 Å².